The van der Waals surface area contributed by atoms with Gasteiger partial charge in [0.1, 0.15) is 0 Å². The molecule has 114 valence electrons. The monoisotopic (exact) mass is 293 g/mol. The molecule has 0 aliphatic heterocycles. The van der Waals surface area contributed by atoms with Crippen molar-refractivity contribution in [1.29, 1.82) is 0 Å². The van der Waals surface area contributed by atoms with E-state index < -0.39 is 0 Å². The van der Waals surface area contributed by atoms with Crippen molar-refractivity contribution in [1.82, 2.24) is 4.98 Å². The van der Waals surface area contributed by atoms with Crippen LogP contribution in [-0.2, 0) is 0 Å². The molecule has 0 atom stereocenters. The number of Topliss-reactive ketones (excluding diaryl/α,β-unsaturated/α-hetero) is 1. The first-order chi connectivity index (χ1) is 10.3. The van der Waals surface area contributed by atoms with Crippen LogP contribution < -0.4 is 0 Å². The van der Waals surface area contributed by atoms with E-state index in [1.807, 2.05) is 45.0 Å². The van der Waals surface area contributed by atoms with Gasteiger partial charge in [0.2, 0.25) is 0 Å². The number of hydrogen-bond acceptors (Lipinski definition) is 2. The summed E-state index contributed by atoms with van der Waals surface area (Å²) in [7, 11) is 0. The maximum atomic E-state index is 12.9. The smallest absolute Gasteiger partial charge is 0.189 e. The quantitative estimate of drug-likeness (QED) is 0.594. The third kappa shape index (κ3) is 2.87. The molecule has 0 saturated heterocycles. The highest BCUT2D eigenvalue weighted by Gasteiger charge is 2.19. The third-order valence-electron chi connectivity index (χ3n) is 4.64. The third-order valence-corrected chi connectivity index (χ3v) is 4.64. The average Bonchev–Trinajstić information content (AvgIpc) is 2.52. The summed E-state index contributed by atoms with van der Waals surface area (Å²) in [6.45, 7) is 12.2. The number of benzene rings is 1. The molecule has 1 aromatic carbocycles. The molecule has 0 N–H and O–H groups in total. The fourth-order valence-corrected chi connectivity index (χ4v) is 2.79. The molecule has 0 aliphatic rings. The number of rotatable bonds is 3. The number of hydrogen-bond donors (Lipinski definition) is 0. The minimum atomic E-state index is 0.0897. The highest BCUT2D eigenvalue weighted by atomic mass is 16.1. The van der Waals surface area contributed by atoms with Crippen molar-refractivity contribution in [3.05, 3.63) is 69.0 Å². The first-order valence-corrected chi connectivity index (χ1v) is 7.55. The van der Waals surface area contributed by atoms with Gasteiger partial charge < -0.3 is 0 Å². The molecule has 2 nitrogen and oxygen atoms in total. The number of carbonyl (C=O) groups is 1. The normalized spacial score (nSPS) is 11.6. The predicted molar refractivity (Wildman–Crippen MR) is 92.3 cm³/mol. The van der Waals surface area contributed by atoms with E-state index in [1.165, 1.54) is 16.7 Å². The Morgan fingerprint density at radius 1 is 0.909 bits per heavy atom. The maximum Gasteiger partial charge on any atom is 0.189 e. The van der Waals surface area contributed by atoms with E-state index in [1.54, 1.807) is 6.20 Å². The SMILES string of the molecule is CC(=Cc1ccccn1)C(=O)c1c(C)c(C)c(C)c(C)c1C. The molecule has 0 unspecified atom stereocenters. The minimum absolute atomic E-state index is 0.0897. The predicted octanol–water partition coefficient (Wildman–Crippen LogP) is 4.91. The molecule has 0 radical (unpaired) electrons. The molecule has 0 fully saturated rings. The van der Waals surface area contributed by atoms with Crippen molar-refractivity contribution < 1.29 is 4.79 Å². The summed E-state index contributed by atoms with van der Waals surface area (Å²) in [4.78, 5) is 17.2. The van der Waals surface area contributed by atoms with Gasteiger partial charge in [-0.1, -0.05) is 6.07 Å². The van der Waals surface area contributed by atoms with E-state index in [-0.39, 0.29) is 5.78 Å². The fraction of sp³-hybridized carbons (Fsp3) is 0.300. The Hall–Kier alpha value is -2.22. The Morgan fingerprint density at radius 2 is 1.45 bits per heavy atom. The van der Waals surface area contributed by atoms with Gasteiger partial charge in [0.25, 0.3) is 0 Å². The first kappa shape index (κ1) is 16.2. The van der Waals surface area contributed by atoms with Crippen molar-refractivity contribution in [2.24, 2.45) is 0 Å². The van der Waals surface area contributed by atoms with Gasteiger partial charge >= 0.3 is 0 Å². The molecule has 0 bridgehead atoms. The van der Waals surface area contributed by atoms with Crippen LogP contribution in [0.4, 0.5) is 0 Å². The standard InChI is InChI=1S/C20H23NO/c1-12(11-18-9-7-8-10-21-18)20(22)19-16(5)14(3)13(2)15(4)17(19)6/h7-11H,1-6H3. The lowest BCUT2D eigenvalue weighted by Gasteiger charge is -2.18. The summed E-state index contributed by atoms with van der Waals surface area (Å²) in [5.74, 6) is 0.0897. The molecule has 1 aromatic heterocycles. The van der Waals surface area contributed by atoms with Crippen molar-refractivity contribution in [2.45, 2.75) is 41.5 Å². The van der Waals surface area contributed by atoms with Crippen LogP contribution in [0.1, 0.15) is 50.8 Å². The van der Waals surface area contributed by atoms with Gasteiger partial charge in [-0.05, 0) is 93.1 Å². The zero-order chi connectivity index (χ0) is 16.4. The zero-order valence-electron chi connectivity index (χ0n) is 14.2. The van der Waals surface area contributed by atoms with E-state index in [2.05, 4.69) is 25.8 Å². The van der Waals surface area contributed by atoms with Gasteiger partial charge in [-0.15, -0.1) is 0 Å². The van der Waals surface area contributed by atoms with Crippen molar-refractivity contribution >= 4 is 11.9 Å². The highest BCUT2D eigenvalue weighted by molar-refractivity contribution is 6.12. The number of pyridine rings is 1. The van der Waals surface area contributed by atoms with Gasteiger partial charge in [-0.2, -0.15) is 0 Å². The second kappa shape index (κ2) is 6.27. The molecule has 2 rings (SSSR count). The van der Waals surface area contributed by atoms with Crippen molar-refractivity contribution in [3.63, 3.8) is 0 Å². The molecule has 2 heteroatoms. The van der Waals surface area contributed by atoms with Crippen molar-refractivity contribution in [2.75, 3.05) is 0 Å². The van der Waals surface area contributed by atoms with E-state index in [0.717, 1.165) is 22.4 Å². The molecular weight excluding hydrogens is 270 g/mol. The zero-order valence-corrected chi connectivity index (χ0v) is 14.2. The first-order valence-electron chi connectivity index (χ1n) is 7.55. The summed E-state index contributed by atoms with van der Waals surface area (Å²) in [6.07, 6.45) is 3.59. The molecular formula is C20H23NO. The summed E-state index contributed by atoms with van der Waals surface area (Å²) in [5.41, 5.74) is 8.22. The lowest BCUT2D eigenvalue weighted by atomic mass is 9.86. The van der Waals surface area contributed by atoms with Crippen LogP contribution in [0.5, 0.6) is 0 Å². The number of allylic oxidation sites excluding steroid dienone is 1. The van der Waals surface area contributed by atoms with Gasteiger partial charge in [0, 0.05) is 11.8 Å². The van der Waals surface area contributed by atoms with E-state index in [0.29, 0.717) is 5.57 Å². The fourth-order valence-electron chi connectivity index (χ4n) is 2.79. The summed E-state index contributed by atoms with van der Waals surface area (Å²) < 4.78 is 0. The summed E-state index contributed by atoms with van der Waals surface area (Å²) in [5, 5.41) is 0. The van der Waals surface area contributed by atoms with Crippen LogP contribution in [0.2, 0.25) is 0 Å². The van der Waals surface area contributed by atoms with Crippen LogP contribution in [0.3, 0.4) is 0 Å². The Balaban J connectivity index is 2.53. The summed E-state index contributed by atoms with van der Waals surface area (Å²) in [6, 6.07) is 5.70. The van der Waals surface area contributed by atoms with Crippen LogP contribution in [-0.4, -0.2) is 10.8 Å². The van der Waals surface area contributed by atoms with Crippen LogP contribution in [0, 0.1) is 34.6 Å². The van der Waals surface area contributed by atoms with Crippen LogP contribution in [0.25, 0.3) is 6.08 Å². The second-order valence-corrected chi connectivity index (χ2v) is 5.91. The number of nitrogens with zero attached hydrogens (tertiary/aromatic N) is 1. The molecule has 0 saturated carbocycles. The van der Waals surface area contributed by atoms with Crippen LogP contribution in [0.15, 0.2) is 30.0 Å². The lowest BCUT2D eigenvalue weighted by Crippen LogP contribution is -2.10. The topological polar surface area (TPSA) is 30.0 Å². The molecule has 22 heavy (non-hydrogen) atoms. The van der Waals surface area contributed by atoms with Gasteiger partial charge in [0.05, 0.1) is 5.69 Å². The molecule has 0 spiro atoms. The van der Waals surface area contributed by atoms with Crippen molar-refractivity contribution in [3.8, 4) is 0 Å². The van der Waals surface area contributed by atoms with Gasteiger partial charge in [-0.25, -0.2) is 0 Å². The number of aromatic nitrogens is 1. The number of ketones is 1. The van der Waals surface area contributed by atoms with E-state index in [4.69, 9.17) is 0 Å². The Morgan fingerprint density at radius 3 is 1.95 bits per heavy atom. The average molecular weight is 293 g/mol. The Bertz CT molecular complexity index is 726. The lowest BCUT2D eigenvalue weighted by molar-refractivity contribution is 0.103. The van der Waals surface area contributed by atoms with Gasteiger partial charge in [0.15, 0.2) is 5.78 Å². The van der Waals surface area contributed by atoms with Crippen LogP contribution >= 0.6 is 0 Å². The second-order valence-electron chi connectivity index (χ2n) is 5.91. The highest BCUT2D eigenvalue weighted by Crippen LogP contribution is 2.28. The summed E-state index contributed by atoms with van der Waals surface area (Å²) >= 11 is 0. The number of carbonyl (C=O) groups excluding carboxylic acids is 1. The molecule has 1 heterocycles. The molecule has 2 aromatic rings. The Labute approximate surface area is 132 Å². The van der Waals surface area contributed by atoms with E-state index >= 15 is 0 Å². The minimum Gasteiger partial charge on any atom is -0.289 e. The maximum absolute atomic E-state index is 12.9. The molecule has 0 amide bonds. The van der Waals surface area contributed by atoms with E-state index in [9.17, 15) is 4.79 Å². The molecule has 0 aliphatic carbocycles. The Kier molecular flexibility index (Phi) is 4.60. The van der Waals surface area contributed by atoms with Gasteiger partial charge in [-0.3, -0.25) is 9.78 Å². The largest absolute Gasteiger partial charge is 0.289 e.